The summed E-state index contributed by atoms with van der Waals surface area (Å²) in [6.45, 7) is -0.303. The van der Waals surface area contributed by atoms with Gasteiger partial charge in [-0.2, -0.15) is 0 Å². The number of hydrogen-bond acceptors (Lipinski definition) is 7. The van der Waals surface area contributed by atoms with Gasteiger partial charge in [-0.15, -0.1) is 0 Å². The summed E-state index contributed by atoms with van der Waals surface area (Å²) in [4.78, 5) is 67.7. The van der Waals surface area contributed by atoms with Crippen LogP contribution in [0.1, 0.15) is 31.4 Å². The monoisotopic (exact) mass is 437 g/mol. The van der Waals surface area contributed by atoms with E-state index in [0.29, 0.717) is 25.1 Å². The molecule has 13 heteroatoms. The summed E-state index contributed by atoms with van der Waals surface area (Å²) in [6.07, 6.45) is 3.93. The number of imidazole rings is 1. The van der Waals surface area contributed by atoms with Crippen LogP contribution in [0.3, 0.4) is 0 Å². The van der Waals surface area contributed by atoms with Crippen LogP contribution >= 0.6 is 0 Å². The average molecular weight is 437 g/mol. The Morgan fingerprint density at radius 2 is 2.06 bits per heavy atom. The Hall–Kier alpha value is -3.48. The fraction of sp³-hybridized carbons (Fsp3) is 0.556. The number of amides is 4. The molecule has 4 amide bonds. The van der Waals surface area contributed by atoms with Crippen molar-refractivity contribution in [1.82, 2.24) is 25.5 Å². The van der Waals surface area contributed by atoms with Gasteiger partial charge in [-0.1, -0.05) is 0 Å². The average Bonchev–Trinajstić information content (AvgIpc) is 3.40. The highest BCUT2D eigenvalue weighted by atomic mass is 16.4. The van der Waals surface area contributed by atoms with Crippen LogP contribution in [0, 0.1) is 0 Å². The molecule has 3 atom stereocenters. The fourth-order valence-electron chi connectivity index (χ4n) is 3.35. The van der Waals surface area contributed by atoms with Crippen molar-refractivity contribution in [3.8, 4) is 0 Å². The minimum atomic E-state index is -1.26. The predicted molar refractivity (Wildman–Crippen MR) is 106 cm³/mol. The third-order valence-corrected chi connectivity index (χ3v) is 4.88. The van der Waals surface area contributed by atoms with Crippen molar-refractivity contribution in [3.63, 3.8) is 0 Å². The number of carboxylic acid groups (broad SMARTS) is 1. The third kappa shape index (κ3) is 7.06. The summed E-state index contributed by atoms with van der Waals surface area (Å²) in [6, 6.07) is -2.88. The van der Waals surface area contributed by atoms with Gasteiger partial charge in [0.2, 0.25) is 23.6 Å². The Labute approximate surface area is 177 Å². The maximum absolute atomic E-state index is 12.8. The van der Waals surface area contributed by atoms with Crippen LogP contribution in [0.15, 0.2) is 12.5 Å². The molecule has 0 bridgehead atoms. The lowest BCUT2D eigenvalue weighted by Crippen LogP contribution is -2.55. The Morgan fingerprint density at radius 3 is 2.68 bits per heavy atom. The predicted octanol–water partition coefficient (Wildman–Crippen LogP) is -2.78. The first kappa shape index (κ1) is 23.8. The van der Waals surface area contributed by atoms with Crippen LogP contribution in [0.2, 0.25) is 0 Å². The molecule has 1 aromatic heterocycles. The van der Waals surface area contributed by atoms with E-state index in [9.17, 15) is 24.0 Å². The van der Waals surface area contributed by atoms with Crippen LogP contribution in [-0.4, -0.2) is 80.8 Å². The standard InChI is InChI=1S/C18H27N7O6/c19-11(6-10-7-21-9-23-10)18(31)25-5-1-2-13(25)17(30)24-12(3-4-14(20)26)16(29)22-8-15(27)28/h7,9,11-13H,1-6,8,19H2,(H2,20,26)(H,21,23)(H,22,29)(H,24,30)(H,27,28). The van der Waals surface area contributed by atoms with Gasteiger partial charge in [0.1, 0.15) is 18.6 Å². The molecule has 1 saturated heterocycles. The number of carbonyl (C=O) groups is 5. The molecule has 170 valence electrons. The van der Waals surface area contributed by atoms with Crippen LogP contribution in [0.25, 0.3) is 0 Å². The highest BCUT2D eigenvalue weighted by Crippen LogP contribution is 2.19. The van der Waals surface area contributed by atoms with E-state index in [-0.39, 0.29) is 19.3 Å². The first-order valence-electron chi connectivity index (χ1n) is 9.80. The number of aromatic nitrogens is 2. The molecular weight excluding hydrogens is 410 g/mol. The summed E-state index contributed by atoms with van der Waals surface area (Å²) in [5, 5.41) is 13.4. The highest BCUT2D eigenvalue weighted by molar-refractivity contribution is 5.94. The molecule has 0 saturated carbocycles. The van der Waals surface area contributed by atoms with E-state index >= 15 is 0 Å². The molecule has 2 rings (SSSR count). The van der Waals surface area contributed by atoms with E-state index in [2.05, 4.69) is 20.6 Å². The molecule has 2 heterocycles. The molecule has 3 unspecified atom stereocenters. The van der Waals surface area contributed by atoms with E-state index in [1.165, 1.54) is 11.2 Å². The summed E-state index contributed by atoms with van der Waals surface area (Å²) in [7, 11) is 0. The van der Waals surface area contributed by atoms with Crippen molar-refractivity contribution in [3.05, 3.63) is 18.2 Å². The number of rotatable bonds is 11. The molecule has 0 aliphatic carbocycles. The maximum atomic E-state index is 12.8. The van der Waals surface area contributed by atoms with Crippen LogP contribution in [-0.2, 0) is 30.4 Å². The quantitative estimate of drug-likeness (QED) is 0.212. The van der Waals surface area contributed by atoms with E-state index in [1.807, 2.05) is 0 Å². The SMILES string of the molecule is NC(=O)CCC(NC(=O)C1CCCN1C(=O)C(N)Cc1cnc[nH]1)C(=O)NCC(=O)O. The molecule has 8 N–H and O–H groups in total. The number of hydrogen-bond donors (Lipinski definition) is 6. The Bertz CT molecular complexity index is 812. The molecule has 1 aliphatic heterocycles. The number of aromatic amines is 1. The number of nitrogens with zero attached hydrogens (tertiary/aromatic N) is 2. The number of nitrogens with one attached hydrogen (secondary N) is 3. The number of nitrogens with two attached hydrogens (primary N) is 2. The van der Waals surface area contributed by atoms with Gasteiger partial charge < -0.3 is 37.1 Å². The Kier molecular flexibility index (Phi) is 8.49. The highest BCUT2D eigenvalue weighted by Gasteiger charge is 2.37. The molecule has 1 aromatic rings. The fourth-order valence-corrected chi connectivity index (χ4v) is 3.35. The normalized spacial score (nSPS) is 17.6. The summed E-state index contributed by atoms with van der Waals surface area (Å²) < 4.78 is 0. The second-order valence-corrected chi connectivity index (χ2v) is 7.25. The van der Waals surface area contributed by atoms with E-state index in [1.54, 1.807) is 6.20 Å². The molecule has 13 nitrogen and oxygen atoms in total. The van der Waals surface area contributed by atoms with Gasteiger partial charge in [0, 0.05) is 31.3 Å². The molecule has 31 heavy (non-hydrogen) atoms. The van der Waals surface area contributed by atoms with E-state index < -0.39 is 54.3 Å². The second-order valence-electron chi connectivity index (χ2n) is 7.25. The lowest BCUT2D eigenvalue weighted by Gasteiger charge is -2.28. The number of carbonyl (C=O) groups excluding carboxylic acids is 4. The van der Waals surface area contributed by atoms with Crippen molar-refractivity contribution in [2.24, 2.45) is 11.5 Å². The van der Waals surface area contributed by atoms with Crippen molar-refractivity contribution in [1.29, 1.82) is 0 Å². The molecule has 0 spiro atoms. The zero-order valence-corrected chi connectivity index (χ0v) is 16.9. The van der Waals surface area contributed by atoms with Gasteiger partial charge in [-0.05, 0) is 19.3 Å². The van der Waals surface area contributed by atoms with Gasteiger partial charge in [0.05, 0.1) is 12.4 Å². The lowest BCUT2D eigenvalue weighted by molar-refractivity contribution is -0.141. The minimum absolute atomic E-state index is 0.105. The summed E-state index contributed by atoms with van der Waals surface area (Å²) in [5.41, 5.74) is 11.8. The zero-order chi connectivity index (χ0) is 23.0. The Morgan fingerprint density at radius 1 is 1.32 bits per heavy atom. The van der Waals surface area contributed by atoms with Crippen LogP contribution < -0.4 is 22.1 Å². The van der Waals surface area contributed by atoms with Crippen molar-refractivity contribution < 1.29 is 29.1 Å². The van der Waals surface area contributed by atoms with Gasteiger partial charge >= 0.3 is 5.97 Å². The van der Waals surface area contributed by atoms with Crippen molar-refractivity contribution in [2.75, 3.05) is 13.1 Å². The molecule has 1 fully saturated rings. The van der Waals surface area contributed by atoms with Gasteiger partial charge in [-0.25, -0.2) is 4.98 Å². The van der Waals surface area contributed by atoms with Crippen LogP contribution in [0.4, 0.5) is 0 Å². The molecule has 1 aliphatic rings. The lowest BCUT2D eigenvalue weighted by atomic mass is 10.1. The first-order valence-corrected chi connectivity index (χ1v) is 9.80. The zero-order valence-electron chi connectivity index (χ0n) is 16.9. The number of aliphatic carboxylic acids is 1. The molecule has 0 aromatic carbocycles. The third-order valence-electron chi connectivity index (χ3n) is 4.88. The van der Waals surface area contributed by atoms with Crippen molar-refractivity contribution >= 4 is 29.6 Å². The Balaban J connectivity index is 2.02. The van der Waals surface area contributed by atoms with E-state index in [0.717, 1.165) is 0 Å². The van der Waals surface area contributed by atoms with Crippen molar-refractivity contribution in [2.45, 2.75) is 50.2 Å². The second kappa shape index (κ2) is 11.1. The largest absolute Gasteiger partial charge is 0.480 e. The minimum Gasteiger partial charge on any atom is -0.480 e. The van der Waals surface area contributed by atoms with Gasteiger partial charge in [0.15, 0.2) is 0 Å². The first-order chi connectivity index (χ1) is 14.7. The molecular formula is C18H27N7O6. The number of primary amides is 1. The topological polar surface area (TPSA) is 214 Å². The smallest absolute Gasteiger partial charge is 0.322 e. The van der Waals surface area contributed by atoms with Crippen LogP contribution in [0.5, 0.6) is 0 Å². The number of likely N-dealkylation sites (tertiary alicyclic amines) is 1. The number of carboxylic acids is 1. The maximum Gasteiger partial charge on any atom is 0.322 e. The van der Waals surface area contributed by atoms with Gasteiger partial charge in [0.25, 0.3) is 0 Å². The van der Waals surface area contributed by atoms with E-state index in [4.69, 9.17) is 16.6 Å². The summed E-state index contributed by atoms with van der Waals surface area (Å²) >= 11 is 0. The molecule has 0 radical (unpaired) electrons. The summed E-state index contributed by atoms with van der Waals surface area (Å²) in [5.74, 6) is -3.68. The van der Waals surface area contributed by atoms with Gasteiger partial charge in [-0.3, -0.25) is 24.0 Å². The number of H-pyrrole nitrogens is 1.